The normalized spacial score (nSPS) is 19.1. The predicted molar refractivity (Wildman–Crippen MR) is 68.5 cm³/mol. The molecule has 2 rings (SSSR count). The van der Waals surface area contributed by atoms with E-state index >= 15 is 0 Å². The molecule has 0 aromatic carbocycles. The molecule has 0 saturated carbocycles. The van der Waals surface area contributed by atoms with Gasteiger partial charge in [-0.05, 0) is 65.3 Å². The first-order valence-electron chi connectivity index (χ1n) is 4.89. The van der Waals surface area contributed by atoms with Crippen molar-refractivity contribution >= 4 is 33.9 Å². The maximum atomic E-state index is 10.2. The first-order chi connectivity index (χ1) is 6.79. The summed E-state index contributed by atoms with van der Waals surface area (Å²) in [7, 11) is 0. The molecular formula is C11H13IOS. The lowest BCUT2D eigenvalue weighted by molar-refractivity contribution is 0.211. The summed E-state index contributed by atoms with van der Waals surface area (Å²) in [6.45, 7) is 0. The van der Waals surface area contributed by atoms with Gasteiger partial charge in [-0.1, -0.05) is 6.08 Å². The summed E-state index contributed by atoms with van der Waals surface area (Å²) in [5.41, 5.74) is 1.22. The SMILES string of the molecule is OC(C1=CCCCC1)c1sccc1I. The van der Waals surface area contributed by atoms with Crippen molar-refractivity contribution in [1.29, 1.82) is 0 Å². The van der Waals surface area contributed by atoms with E-state index in [1.54, 1.807) is 11.3 Å². The van der Waals surface area contributed by atoms with Gasteiger partial charge in [0.1, 0.15) is 6.10 Å². The second-order valence-electron chi connectivity index (χ2n) is 3.56. The summed E-state index contributed by atoms with van der Waals surface area (Å²) in [4.78, 5) is 1.11. The molecule has 0 radical (unpaired) electrons. The van der Waals surface area contributed by atoms with Crippen molar-refractivity contribution in [2.24, 2.45) is 0 Å². The molecule has 14 heavy (non-hydrogen) atoms. The highest BCUT2D eigenvalue weighted by molar-refractivity contribution is 14.1. The average Bonchev–Trinajstić information content (AvgIpc) is 2.65. The third-order valence-electron chi connectivity index (χ3n) is 2.57. The number of hydrogen-bond acceptors (Lipinski definition) is 2. The van der Waals surface area contributed by atoms with Gasteiger partial charge < -0.3 is 5.11 Å². The molecule has 1 aliphatic carbocycles. The smallest absolute Gasteiger partial charge is 0.110 e. The average molecular weight is 320 g/mol. The third kappa shape index (κ3) is 2.20. The Morgan fingerprint density at radius 3 is 2.86 bits per heavy atom. The zero-order chi connectivity index (χ0) is 9.97. The Bertz CT molecular complexity index is 343. The lowest BCUT2D eigenvalue weighted by atomic mass is 9.95. The van der Waals surface area contributed by atoms with Crippen LogP contribution in [0, 0.1) is 3.57 Å². The van der Waals surface area contributed by atoms with E-state index in [1.165, 1.54) is 22.0 Å². The van der Waals surface area contributed by atoms with Crippen LogP contribution in [-0.4, -0.2) is 5.11 Å². The maximum absolute atomic E-state index is 10.2. The summed E-state index contributed by atoms with van der Waals surface area (Å²) >= 11 is 3.94. The Morgan fingerprint density at radius 2 is 2.29 bits per heavy atom. The minimum Gasteiger partial charge on any atom is -0.383 e. The van der Waals surface area contributed by atoms with Crippen LogP contribution in [0.25, 0.3) is 0 Å². The van der Waals surface area contributed by atoms with Gasteiger partial charge in [-0.15, -0.1) is 11.3 Å². The minimum absolute atomic E-state index is 0.345. The van der Waals surface area contributed by atoms with E-state index in [0.717, 1.165) is 17.7 Å². The van der Waals surface area contributed by atoms with Crippen molar-refractivity contribution in [2.75, 3.05) is 0 Å². The fourth-order valence-corrected chi connectivity index (χ4v) is 3.69. The highest BCUT2D eigenvalue weighted by Gasteiger charge is 2.18. The lowest BCUT2D eigenvalue weighted by Gasteiger charge is -2.17. The largest absolute Gasteiger partial charge is 0.383 e. The monoisotopic (exact) mass is 320 g/mol. The molecule has 0 saturated heterocycles. The summed E-state index contributed by atoms with van der Waals surface area (Å²) in [5, 5.41) is 12.2. The number of halogens is 1. The van der Waals surface area contributed by atoms with Crippen LogP contribution >= 0.6 is 33.9 Å². The van der Waals surface area contributed by atoms with Crippen LogP contribution < -0.4 is 0 Å². The quantitative estimate of drug-likeness (QED) is 0.647. The molecule has 0 fully saturated rings. The van der Waals surface area contributed by atoms with Crippen LogP contribution in [0.4, 0.5) is 0 Å². The Hall–Kier alpha value is 0.130. The number of aliphatic hydroxyl groups is 1. The molecule has 1 aromatic rings. The van der Waals surface area contributed by atoms with Crippen molar-refractivity contribution in [3.8, 4) is 0 Å². The van der Waals surface area contributed by atoms with Crippen molar-refractivity contribution in [3.05, 3.63) is 31.5 Å². The van der Waals surface area contributed by atoms with Crippen molar-refractivity contribution in [3.63, 3.8) is 0 Å². The second kappa shape index (κ2) is 4.77. The molecule has 1 atom stereocenters. The predicted octanol–water partition coefficient (Wildman–Crippen LogP) is 3.89. The molecule has 0 bridgehead atoms. The number of rotatable bonds is 2. The van der Waals surface area contributed by atoms with E-state index in [9.17, 15) is 5.11 Å². The van der Waals surface area contributed by atoms with Gasteiger partial charge in [0, 0.05) is 3.57 Å². The summed E-state index contributed by atoms with van der Waals surface area (Å²) in [6.07, 6.45) is 6.57. The van der Waals surface area contributed by atoms with E-state index in [4.69, 9.17) is 0 Å². The number of aliphatic hydroxyl groups excluding tert-OH is 1. The van der Waals surface area contributed by atoms with E-state index in [0.29, 0.717) is 0 Å². The Kier molecular flexibility index (Phi) is 3.62. The third-order valence-corrected chi connectivity index (χ3v) is 4.85. The summed E-state index contributed by atoms with van der Waals surface area (Å²) in [6, 6.07) is 2.06. The Morgan fingerprint density at radius 1 is 1.43 bits per heavy atom. The van der Waals surface area contributed by atoms with E-state index < -0.39 is 0 Å². The molecule has 1 N–H and O–H groups in total. The van der Waals surface area contributed by atoms with Crippen LogP contribution in [0.2, 0.25) is 0 Å². The zero-order valence-electron chi connectivity index (χ0n) is 7.87. The fourth-order valence-electron chi connectivity index (χ4n) is 1.78. The molecule has 0 spiro atoms. The van der Waals surface area contributed by atoms with Gasteiger partial charge in [0.05, 0.1) is 4.88 Å². The topological polar surface area (TPSA) is 20.2 Å². The molecular weight excluding hydrogens is 307 g/mol. The van der Waals surface area contributed by atoms with Gasteiger partial charge in [0.2, 0.25) is 0 Å². The Labute approximate surface area is 102 Å². The Balaban J connectivity index is 2.19. The second-order valence-corrected chi connectivity index (χ2v) is 5.67. The van der Waals surface area contributed by atoms with Gasteiger partial charge in [-0.25, -0.2) is 0 Å². The van der Waals surface area contributed by atoms with Crippen LogP contribution in [-0.2, 0) is 0 Å². The molecule has 3 heteroatoms. The summed E-state index contributed by atoms with van der Waals surface area (Å²) < 4.78 is 1.19. The fraction of sp³-hybridized carbons (Fsp3) is 0.455. The number of thiophene rings is 1. The first kappa shape index (κ1) is 10.6. The maximum Gasteiger partial charge on any atom is 0.110 e. The minimum atomic E-state index is -0.345. The molecule has 1 unspecified atom stereocenters. The van der Waals surface area contributed by atoms with E-state index in [1.807, 2.05) is 5.38 Å². The molecule has 0 aliphatic heterocycles. The van der Waals surface area contributed by atoms with Crippen LogP contribution in [0.15, 0.2) is 23.1 Å². The molecule has 1 aliphatic rings. The van der Waals surface area contributed by atoms with Gasteiger partial charge in [-0.3, -0.25) is 0 Å². The van der Waals surface area contributed by atoms with Crippen LogP contribution in [0.3, 0.4) is 0 Å². The van der Waals surface area contributed by atoms with Gasteiger partial charge in [-0.2, -0.15) is 0 Å². The van der Waals surface area contributed by atoms with Gasteiger partial charge in [0.25, 0.3) is 0 Å². The van der Waals surface area contributed by atoms with E-state index in [-0.39, 0.29) is 6.10 Å². The number of hydrogen-bond donors (Lipinski definition) is 1. The zero-order valence-corrected chi connectivity index (χ0v) is 10.8. The first-order valence-corrected chi connectivity index (χ1v) is 6.85. The molecule has 1 nitrogen and oxygen atoms in total. The van der Waals surface area contributed by atoms with Gasteiger partial charge >= 0.3 is 0 Å². The molecule has 1 aromatic heterocycles. The van der Waals surface area contributed by atoms with Crippen molar-refractivity contribution < 1.29 is 5.11 Å². The molecule has 76 valence electrons. The highest BCUT2D eigenvalue weighted by atomic mass is 127. The number of allylic oxidation sites excluding steroid dienone is 1. The van der Waals surface area contributed by atoms with Crippen LogP contribution in [0.1, 0.15) is 36.7 Å². The molecule has 0 amide bonds. The summed E-state index contributed by atoms with van der Waals surface area (Å²) in [5.74, 6) is 0. The van der Waals surface area contributed by atoms with Crippen molar-refractivity contribution in [2.45, 2.75) is 31.8 Å². The van der Waals surface area contributed by atoms with Crippen LogP contribution in [0.5, 0.6) is 0 Å². The lowest BCUT2D eigenvalue weighted by Crippen LogP contribution is -2.04. The van der Waals surface area contributed by atoms with Gasteiger partial charge in [0.15, 0.2) is 0 Å². The van der Waals surface area contributed by atoms with Crippen molar-refractivity contribution in [1.82, 2.24) is 0 Å². The highest BCUT2D eigenvalue weighted by Crippen LogP contribution is 2.34. The van der Waals surface area contributed by atoms with E-state index in [2.05, 4.69) is 34.7 Å². The standard InChI is InChI=1S/C11H13IOS/c12-9-6-7-14-11(9)10(13)8-4-2-1-3-5-8/h4,6-7,10,13H,1-3,5H2. The molecule has 1 heterocycles.